The Hall–Kier alpha value is -2.00. The Kier molecular flexibility index (Phi) is 4.79. The molecular formula is C14H12Cl2F3N5O. The van der Waals surface area contributed by atoms with Crippen molar-refractivity contribution in [2.75, 3.05) is 36.0 Å². The van der Waals surface area contributed by atoms with Gasteiger partial charge in [0.1, 0.15) is 5.82 Å². The number of hydrogen-bond donors (Lipinski definition) is 1. The second kappa shape index (κ2) is 6.72. The number of alkyl halides is 3. The van der Waals surface area contributed by atoms with E-state index < -0.39 is 11.7 Å². The van der Waals surface area contributed by atoms with Crippen molar-refractivity contribution in [2.24, 2.45) is 0 Å². The van der Waals surface area contributed by atoms with Crippen LogP contribution < -0.4 is 15.4 Å². The van der Waals surface area contributed by atoms with Gasteiger partial charge in [0.15, 0.2) is 5.15 Å². The quantitative estimate of drug-likeness (QED) is 0.849. The summed E-state index contributed by atoms with van der Waals surface area (Å²) in [5.74, 6) is 0.296. The van der Waals surface area contributed by atoms with Gasteiger partial charge in [-0.1, -0.05) is 23.2 Å². The SMILES string of the molecule is O=c1cc(N2CCN(c3ncc(C(F)(F)F)cc3Cl)CC2)c(Cl)n[nH]1. The first-order valence-corrected chi connectivity index (χ1v) is 7.99. The minimum Gasteiger partial charge on any atom is -0.365 e. The van der Waals surface area contributed by atoms with Crippen molar-refractivity contribution in [1.82, 2.24) is 15.2 Å². The largest absolute Gasteiger partial charge is 0.417 e. The van der Waals surface area contributed by atoms with Crippen LogP contribution in [0.5, 0.6) is 0 Å². The van der Waals surface area contributed by atoms with Crippen LogP contribution >= 0.6 is 23.2 Å². The fourth-order valence-corrected chi connectivity index (χ4v) is 3.08. The molecule has 25 heavy (non-hydrogen) atoms. The lowest BCUT2D eigenvalue weighted by Crippen LogP contribution is -2.47. The minimum absolute atomic E-state index is 0.0564. The van der Waals surface area contributed by atoms with E-state index >= 15 is 0 Å². The van der Waals surface area contributed by atoms with Crippen molar-refractivity contribution in [3.63, 3.8) is 0 Å². The molecule has 0 radical (unpaired) electrons. The number of aromatic amines is 1. The third-order valence-corrected chi connectivity index (χ3v) is 4.37. The molecule has 0 aliphatic carbocycles. The maximum Gasteiger partial charge on any atom is 0.417 e. The van der Waals surface area contributed by atoms with Crippen molar-refractivity contribution in [3.8, 4) is 0 Å². The summed E-state index contributed by atoms with van der Waals surface area (Å²) in [5.41, 5.74) is -0.743. The van der Waals surface area contributed by atoms with Gasteiger partial charge in [-0.25, -0.2) is 10.1 Å². The Morgan fingerprint density at radius 2 is 1.72 bits per heavy atom. The third kappa shape index (κ3) is 3.82. The van der Waals surface area contributed by atoms with E-state index in [1.165, 1.54) is 6.07 Å². The average Bonchev–Trinajstić information content (AvgIpc) is 2.56. The van der Waals surface area contributed by atoms with E-state index in [-0.39, 0.29) is 15.7 Å². The Morgan fingerprint density at radius 1 is 1.08 bits per heavy atom. The molecule has 11 heteroatoms. The molecule has 6 nitrogen and oxygen atoms in total. The molecule has 1 fully saturated rings. The zero-order valence-electron chi connectivity index (χ0n) is 12.6. The number of piperazine rings is 1. The number of aromatic nitrogens is 3. The van der Waals surface area contributed by atoms with Gasteiger partial charge in [-0.15, -0.1) is 0 Å². The summed E-state index contributed by atoms with van der Waals surface area (Å²) in [4.78, 5) is 18.9. The Balaban J connectivity index is 1.74. The van der Waals surface area contributed by atoms with Crippen LogP contribution in [-0.4, -0.2) is 41.4 Å². The molecule has 0 atom stereocenters. The molecule has 1 aliphatic heterocycles. The normalized spacial score (nSPS) is 15.6. The van der Waals surface area contributed by atoms with Gasteiger partial charge in [0.25, 0.3) is 5.56 Å². The smallest absolute Gasteiger partial charge is 0.365 e. The number of H-pyrrole nitrogens is 1. The standard InChI is InChI=1S/C14H12Cl2F3N5O/c15-9-5-8(14(17,18)19)7-20-13(9)24-3-1-23(2-4-24)10-6-11(25)21-22-12(10)16/h5-7H,1-4H2,(H,21,25). The number of nitrogens with one attached hydrogen (secondary N) is 1. The molecule has 1 aliphatic rings. The summed E-state index contributed by atoms with van der Waals surface area (Å²) in [6.07, 6.45) is -3.72. The van der Waals surface area contributed by atoms with Gasteiger partial charge in [0, 0.05) is 38.4 Å². The van der Waals surface area contributed by atoms with Crippen LogP contribution in [0, 0.1) is 0 Å². The number of halogens is 5. The number of nitrogens with zero attached hydrogens (tertiary/aromatic N) is 4. The minimum atomic E-state index is -4.49. The molecule has 2 aromatic rings. The van der Waals surface area contributed by atoms with Crippen LogP contribution in [0.2, 0.25) is 10.2 Å². The first kappa shape index (κ1) is 17.8. The van der Waals surface area contributed by atoms with E-state index in [0.717, 1.165) is 12.3 Å². The number of anilines is 2. The number of hydrogen-bond acceptors (Lipinski definition) is 5. The molecule has 0 unspecified atom stereocenters. The van der Waals surface area contributed by atoms with Gasteiger partial charge in [-0.3, -0.25) is 4.79 Å². The molecule has 1 N–H and O–H groups in total. The summed E-state index contributed by atoms with van der Waals surface area (Å²) in [7, 11) is 0. The summed E-state index contributed by atoms with van der Waals surface area (Å²) >= 11 is 12.0. The maximum atomic E-state index is 12.7. The topological polar surface area (TPSA) is 65.1 Å². The lowest BCUT2D eigenvalue weighted by molar-refractivity contribution is -0.137. The summed E-state index contributed by atoms with van der Waals surface area (Å²) in [6.45, 7) is 1.90. The second-order valence-corrected chi connectivity index (χ2v) is 6.17. The van der Waals surface area contributed by atoms with Crippen molar-refractivity contribution in [3.05, 3.63) is 44.4 Å². The molecule has 0 amide bonds. The Morgan fingerprint density at radius 3 is 2.32 bits per heavy atom. The van der Waals surface area contributed by atoms with Gasteiger partial charge in [-0.05, 0) is 6.07 Å². The molecule has 0 spiro atoms. The van der Waals surface area contributed by atoms with E-state index in [2.05, 4.69) is 15.2 Å². The molecule has 0 aromatic carbocycles. The van der Waals surface area contributed by atoms with Gasteiger partial charge in [-0.2, -0.15) is 18.3 Å². The fraction of sp³-hybridized carbons (Fsp3) is 0.357. The summed E-state index contributed by atoms with van der Waals surface area (Å²) in [6, 6.07) is 2.22. The molecule has 0 bridgehead atoms. The lowest BCUT2D eigenvalue weighted by Gasteiger charge is -2.37. The van der Waals surface area contributed by atoms with Gasteiger partial charge in [0.05, 0.1) is 16.3 Å². The molecule has 0 saturated carbocycles. The lowest BCUT2D eigenvalue weighted by atomic mass is 10.2. The van der Waals surface area contributed by atoms with Gasteiger partial charge in [0.2, 0.25) is 0 Å². The van der Waals surface area contributed by atoms with E-state index in [0.29, 0.717) is 37.7 Å². The van der Waals surface area contributed by atoms with Gasteiger partial charge >= 0.3 is 6.18 Å². The van der Waals surface area contributed by atoms with Crippen LogP contribution in [0.4, 0.5) is 24.7 Å². The van der Waals surface area contributed by atoms with E-state index in [1.807, 2.05) is 4.90 Å². The van der Waals surface area contributed by atoms with Crippen molar-refractivity contribution < 1.29 is 13.2 Å². The summed E-state index contributed by atoms with van der Waals surface area (Å²) in [5, 5.41) is 6.08. The maximum absolute atomic E-state index is 12.7. The molecule has 3 heterocycles. The van der Waals surface area contributed by atoms with E-state index in [1.54, 1.807) is 4.90 Å². The fourth-order valence-electron chi connectivity index (χ4n) is 2.58. The first-order valence-electron chi connectivity index (χ1n) is 7.23. The molecule has 1 saturated heterocycles. The van der Waals surface area contributed by atoms with Crippen LogP contribution in [0.3, 0.4) is 0 Å². The predicted molar refractivity (Wildman–Crippen MR) is 88.5 cm³/mol. The molecule has 2 aromatic heterocycles. The summed E-state index contributed by atoms with van der Waals surface area (Å²) < 4.78 is 38.1. The average molecular weight is 394 g/mol. The molecule has 3 rings (SSSR count). The monoisotopic (exact) mass is 393 g/mol. The van der Waals surface area contributed by atoms with Gasteiger partial charge < -0.3 is 9.80 Å². The molecular weight excluding hydrogens is 382 g/mol. The van der Waals surface area contributed by atoms with Crippen LogP contribution in [-0.2, 0) is 6.18 Å². The van der Waals surface area contributed by atoms with E-state index in [9.17, 15) is 18.0 Å². The second-order valence-electron chi connectivity index (χ2n) is 5.41. The zero-order chi connectivity index (χ0) is 18.2. The van der Waals surface area contributed by atoms with Crippen LogP contribution in [0.25, 0.3) is 0 Å². The Labute approximate surface area is 150 Å². The zero-order valence-corrected chi connectivity index (χ0v) is 14.2. The number of pyridine rings is 1. The highest BCUT2D eigenvalue weighted by Gasteiger charge is 2.32. The highest BCUT2D eigenvalue weighted by molar-refractivity contribution is 6.33. The highest BCUT2D eigenvalue weighted by atomic mass is 35.5. The van der Waals surface area contributed by atoms with Crippen molar-refractivity contribution >= 4 is 34.7 Å². The third-order valence-electron chi connectivity index (χ3n) is 3.81. The van der Waals surface area contributed by atoms with Crippen molar-refractivity contribution in [1.29, 1.82) is 0 Å². The Bertz CT molecular complexity index is 834. The predicted octanol–water partition coefficient (Wildman–Crippen LogP) is 2.82. The van der Waals surface area contributed by atoms with Crippen LogP contribution in [0.15, 0.2) is 23.1 Å². The first-order chi connectivity index (χ1) is 11.8. The molecule has 134 valence electrons. The van der Waals surface area contributed by atoms with Crippen molar-refractivity contribution in [2.45, 2.75) is 6.18 Å². The number of rotatable bonds is 2. The van der Waals surface area contributed by atoms with Crippen LogP contribution in [0.1, 0.15) is 5.56 Å². The van der Waals surface area contributed by atoms with E-state index in [4.69, 9.17) is 23.2 Å². The highest BCUT2D eigenvalue weighted by Crippen LogP contribution is 2.34.